The van der Waals surface area contributed by atoms with Gasteiger partial charge in [0.05, 0.1) is 30.2 Å². The van der Waals surface area contributed by atoms with Crippen LogP contribution in [-0.4, -0.2) is 22.3 Å². The molecule has 1 amide bonds. The second kappa shape index (κ2) is 10.7. The predicted molar refractivity (Wildman–Crippen MR) is 134 cm³/mol. The van der Waals surface area contributed by atoms with E-state index in [1.54, 1.807) is 6.07 Å². The van der Waals surface area contributed by atoms with E-state index in [0.717, 1.165) is 39.7 Å². The Morgan fingerprint density at radius 3 is 2.26 bits per heavy atom. The minimum Gasteiger partial charge on any atom is -0.494 e. The van der Waals surface area contributed by atoms with E-state index in [1.807, 2.05) is 86.1 Å². The van der Waals surface area contributed by atoms with Crippen LogP contribution in [0, 0.1) is 13.8 Å². The van der Waals surface area contributed by atoms with Crippen molar-refractivity contribution in [2.24, 2.45) is 0 Å². The molecule has 0 spiro atoms. The normalized spacial score (nSPS) is 10.7. The SMILES string of the molecule is CCOc1ccc(OCc2cccc(C(=O)Nc3c(C)nn(Cc4ccccc4)c3C)c2)cc1. The molecule has 174 valence electrons. The second-order valence-corrected chi connectivity index (χ2v) is 8.04. The Labute approximate surface area is 200 Å². The molecule has 4 aromatic rings. The largest absolute Gasteiger partial charge is 0.494 e. The Morgan fingerprint density at radius 1 is 0.882 bits per heavy atom. The van der Waals surface area contributed by atoms with Gasteiger partial charge in [0.25, 0.3) is 5.91 Å². The summed E-state index contributed by atoms with van der Waals surface area (Å²) in [4.78, 5) is 13.0. The third-order valence-corrected chi connectivity index (χ3v) is 5.52. The summed E-state index contributed by atoms with van der Waals surface area (Å²) >= 11 is 0. The van der Waals surface area contributed by atoms with Gasteiger partial charge < -0.3 is 14.8 Å². The van der Waals surface area contributed by atoms with Crippen molar-refractivity contribution in [3.8, 4) is 11.5 Å². The summed E-state index contributed by atoms with van der Waals surface area (Å²) in [5.74, 6) is 1.38. The number of anilines is 1. The Kier molecular flexibility index (Phi) is 7.28. The highest BCUT2D eigenvalue weighted by molar-refractivity contribution is 6.05. The zero-order valence-electron chi connectivity index (χ0n) is 19.7. The maximum atomic E-state index is 13.0. The Balaban J connectivity index is 1.41. The van der Waals surface area contributed by atoms with Gasteiger partial charge in [-0.2, -0.15) is 5.10 Å². The van der Waals surface area contributed by atoms with Gasteiger partial charge in [-0.05, 0) is 68.3 Å². The smallest absolute Gasteiger partial charge is 0.255 e. The molecule has 0 fully saturated rings. The van der Waals surface area contributed by atoms with Crippen LogP contribution >= 0.6 is 0 Å². The number of aryl methyl sites for hydroxylation is 1. The summed E-state index contributed by atoms with van der Waals surface area (Å²) in [6.07, 6.45) is 0. The standard InChI is InChI=1S/C28H29N3O3/c1-4-33-25-13-15-26(16-14-25)34-19-23-11-8-12-24(17-23)28(32)29-27-20(2)30-31(21(27)3)18-22-9-6-5-7-10-22/h5-17H,4,18-19H2,1-3H3,(H,29,32). The first-order valence-corrected chi connectivity index (χ1v) is 11.4. The van der Waals surface area contributed by atoms with Gasteiger partial charge in [-0.1, -0.05) is 42.5 Å². The summed E-state index contributed by atoms with van der Waals surface area (Å²) in [5.41, 5.74) is 5.10. The van der Waals surface area contributed by atoms with Gasteiger partial charge in [0, 0.05) is 5.56 Å². The lowest BCUT2D eigenvalue weighted by Gasteiger charge is -2.10. The maximum absolute atomic E-state index is 13.0. The summed E-state index contributed by atoms with van der Waals surface area (Å²) in [6.45, 7) is 7.48. The first-order valence-electron chi connectivity index (χ1n) is 11.4. The second-order valence-electron chi connectivity index (χ2n) is 8.04. The van der Waals surface area contributed by atoms with E-state index in [4.69, 9.17) is 9.47 Å². The van der Waals surface area contributed by atoms with Crippen LogP contribution < -0.4 is 14.8 Å². The minimum absolute atomic E-state index is 0.173. The van der Waals surface area contributed by atoms with Crippen LogP contribution in [0.5, 0.6) is 11.5 Å². The van der Waals surface area contributed by atoms with Crippen molar-refractivity contribution in [1.82, 2.24) is 9.78 Å². The molecule has 0 bridgehead atoms. The molecule has 6 nitrogen and oxygen atoms in total. The molecule has 0 unspecified atom stereocenters. The van der Waals surface area contributed by atoms with E-state index in [2.05, 4.69) is 22.5 Å². The molecule has 3 aromatic carbocycles. The number of hydrogen-bond acceptors (Lipinski definition) is 4. The predicted octanol–water partition coefficient (Wildman–Crippen LogP) is 5.78. The third-order valence-electron chi connectivity index (χ3n) is 5.52. The summed E-state index contributed by atoms with van der Waals surface area (Å²) in [6, 6.07) is 25.1. The molecule has 0 aliphatic carbocycles. The van der Waals surface area contributed by atoms with Gasteiger partial charge in [0.15, 0.2) is 0 Å². The van der Waals surface area contributed by atoms with Crippen molar-refractivity contribution in [1.29, 1.82) is 0 Å². The van der Waals surface area contributed by atoms with E-state index >= 15 is 0 Å². The molecule has 4 rings (SSSR count). The number of amides is 1. The van der Waals surface area contributed by atoms with Gasteiger partial charge in [-0.25, -0.2) is 0 Å². The number of rotatable bonds is 9. The fraction of sp³-hybridized carbons (Fsp3) is 0.214. The number of carbonyl (C=O) groups is 1. The summed E-state index contributed by atoms with van der Waals surface area (Å²) in [7, 11) is 0. The van der Waals surface area contributed by atoms with E-state index in [0.29, 0.717) is 25.3 Å². The highest BCUT2D eigenvalue weighted by atomic mass is 16.5. The molecule has 0 saturated carbocycles. The van der Waals surface area contributed by atoms with Crippen molar-refractivity contribution in [3.05, 3.63) is 107 Å². The van der Waals surface area contributed by atoms with Crippen molar-refractivity contribution >= 4 is 11.6 Å². The van der Waals surface area contributed by atoms with Crippen molar-refractivity contribution in [3.63, 3.8) is 0 Å². The molecular weight excluding hydrogens is 426 g/mol. The monoisotopic (exact) mass is 455 g/mol. The Hall–Kier alpha value is -4.06. The van der Waals surface area contributed by atoms with Crippen LogP contribution in [0.2, 0.25) is 0 Å². The molecule has 0 aliphatic rings. The number of nitrogens with zero attached hydrogens (tertiary/aromatic N) is 2. The molecule has 6 heteroatoms. The van der Waals surface area contributed by atoms with Crippen LogP contribution in [0.25, 0.3) is 0 Å². The lowest BCUT2D eigenvalue weighted by atomic mass is 10.1. The molecule has 34 heavy (non-hydrogen) atoms. The molecule has 0 radical (unpaired) electrons. The van der Waals surface area contributed by atoms with E-state index < -0.39 is 0 Å². The molecule has 0 atom stereocenters. The first kappa shape index (κ1) is 23.1. The number of aromatic nitrogens is 2. The zero-order chi connectivity index (χ0) is 23.9. The van der Waals surface area contributed by atoms with Crippen LogP contribution in [0.15, 0.2) is 78.9 Å². The zero-order valence-corrected chi connectivity index (χ0v) is 19.7. The number of hydrogen-bond donors (Lipinski definition) is 1. The van der Waals surface area contributed by atoms with Crippen LogP contribution in [-0.2, 0) is 13.2 Å². The topological polar surface area (TPSA) is 65.4 Å². The summed E-state index contributed by atoms with van der Waals surface area (Å²) < 4.78 is 13.3. The van der Waals surface area contributed by atoms with Gasteiger partial charge in [0.1, 0.15) is 18.1 Å². The van der Waals surface area contributed by atoms with Crippen molar-refractivity contribution in [2.75, 3.05) is 11.9 Å². The van der Waals surface area contributed by atoms with Gasteiger partial charge in [0.2, 0.25) is 0 Å². The van der Waals surface area contributed by atoms with Gasteiger partial charge >= 0.3 is 0 Å². The molecule has 1 heterocycles. The lowest BCUT2D eigenvalue weighted by molar-refractivity contribution is 0.102. The van der Waals surface area contributed by atoms with Crippen LogP contribution in [0.3, 0.4) is 0 Å². The van der Waals surface area contributed by atoms with Crippen LogP contribution in [0.1, 0.15) is 39.8 Å². The Bertz CT molecular complexity index is 1250. The molecule has 0 saturated heterocycles. The van der Waals surface area contributed by atoms with Gasteiger partial charge in [-0.3, -0.25) is 9.48 Å². The van der Waals surface area contributed by atoms with E-state index in [-0.39, 0.29) is 5.91 Å². The number of ether oxygens (including phenoxy) is 2. The lowest BCUT2D eigenvalue weighted by Crippen LogP contribution is -2.14. The quantitative estimate of drug-likeness (QED) is 0.348. The highest BCUT2D eigenvalue weighted by Gasteiger charge is 2.16. The third kappa shape index (κ3) is 5.64. The van der Waals surface area contributed by atoms with Crippen LogP contribution in [0.4, 0.5) is 5.69 Å². The Morgan fingerprint density at radius 2 is 1.56 bits per heavy atom. The minimum atomic E-state index is -0.173. The number of nitrogens with one attached hydrogen (secondary N) is 1. The van der Waals surface area contributed by atoms with E-state index in [9.17, 15) is 4.79 Å². The first-order chi connectivity index (χ1) is 16.5. The van der Waals surface area contributed by atoms with Crippen molar-refractivity contribution < 1.29 is 14.3 Å². The maximum Gasteiger partial charge on any atom is 0.255 e. The number of carbonyl (C=O) groups excluding carboxylic acids is 1. The average molecular weight is 456 g/mol. The highest BCUT2D eigenvalue weighted by Crippen LogP contribution is 2.22. The molecule has 1 aromatic heterocycles. The molecular formula is C28H29N3O3. The van der Waals surface area contributed by atoms with Crippen molar-refractivity contribution in [2.45, 2.75) is 33.9 Å². The fourth-order valence-corrected chi connectivity index (χ4v) is 3.74. The van der Waals surface area contributed by atoms with Gasteiger partial charge in [-0.15, -0.1) is 0 Å². The van der Waals surface area contributed by atoms with E-state index in [1.165, 1.54) is 0 Å². The summed E-state index contributed by atoms with van der Waals surface area (Å²) in [5, 5.41) is 7.67. The molecule has 0 aliphatic heterocycles. The average Bonchev–Trinajstić information content (AvgIpc) is 3.12. The molecule has 1 N–H and O–H groups in total. The fourth-order valence-electron chi connectivity index (χ4n) is 3.74. The number of benzene rings is 3.